The number of para-hydroxylation sites is 1. The number of anilines is 1. The third kappa shape index (κ3) is 3.52. The molecule has 2 aromatic carbocycles. The predicted octanol–water partition coefficient (Wildman–Crippen LogP) is 4.77. The van der Waals surface area contributed by atoms with Crippen LogP contribution in [-0.4, -0.2) is 23.5 Å². The molecule has 3 rings (SSSR count). The lowest BCUT2D eigenvalue weighted by Crippen LogP contribution is -2.40. The van der Waals surface area contributed by atoms with Gasteiger partial charge in [0.1, 0.15) is 5.75 Å². The molecule has 1 amide bonds. The lowest BCUT2D eigenvalue weighted by molar-refractivity contribution is -0.124. The number of rotatable bonds is 5. The molecule has 6 heteroatoms. The Morgan fingerprint density at radius 2 is 2.08 bits per heavy atom. The van der Waals surface area contributed by atoms with E-state index < -0.39 is 6.10 Å². The molecule has 124 valence electrons. The molecule has 0 saturated carbocycles. The van der Waals surface area contributed by atoms with Crippen molar-refractivity contribution < 1.29 is 9.53 Å². The van der Waals surface area contributed by atoms with Gasteiger partial charge in [-0.15, -0.1) is 0 Å². The Morgan fingerprint density at radius 1 is 1.29 bits per heavy atom. The molecule has 0 fully saturated rings. The molecule has 0 saturated heterocycles. The smallest absolute Gasteiger partial charge is 0.269 e. The predicted molar refractivity (Wildman–Crippen MR) is 99.2 cm³/mol. The molecule has 3 aromatic rings. The van der Waals surface area contributed by atoms with Gasteiger partial charge in [0, 0.05) is 11.6 Å². The minimum Gasteiger partial charge on any atom is -0.481 e. The quantitative estimate of drug-likeness (QED) is 0.658. The van der Waals surface area contributed by atoms with Gasteiger partial charge in [-0.1, -0.05) is 41.1 Å². The SMILES string of the molecule is CCN(C(=O)[C@H](C)Oc1cccc(Cl)c1)c1nc2ccccc2s1. The van der Waals surface area contributed by atoms with E-state index in [9.17, 15) is 4.79 Å². The molecule has 0 spiro atoms. The Morgan fingerprint density at radius 3 is 2.79 bits per heavy atom. The zero-order valence-corrected chi connectivity index (χ0v) is 15.0. The number of fused-ring (bicyclic) bond motifs is 1. The van der Waals surface area contributed by atoms with Gasteiger partial charge in [0.25, 0.3) is 5.91 Å². The fourth-order valence-electron chi connectivity index (χ4n) is 2.38. The maximum atomic E-state index is 12.8. The average Bonchev–Trinajstić information content (AvgIpc) is 2.99. The molecule has 1 heterocycles. The summed E-state index contributed by atoms with van der Waals surface area (Å²) in [5.41, 5.74) is 0.896. The number of ether oxygens (including phenoxy) is 1. The first-order valence-electron chi connectivity index (χ1n) is 7.67. The van der Waals surface area contributed by atoms with Crippen LogP contribution in [0.2, 0.25) is 5.02 Å². The summed E-state index contributed by atoms with van der Waals surface area (Å²) in [6.07, 6.45) is -0.629. The number of nitrogens with zero attached hydrogens (tertiary/aromatic N) is 2. The normalized spacial score (nSPS) is 12.1. The van der Waals surface area contributed by atoms with E-state index in [4.69, 9.17) is 16.3 Å². The van der Waals surface area contributed by atoms with Crippen LogP contribution in [0.15, 0.2) is 48.5 Å². The minimum atomic E-state index is -0.629. The highest BCUT2D eigenvalue weighted by Crippen LogP contribution is 2.29. The van der Waals surface area contributed by atoms with Crippen LogP contribution >= 0.6 is 22.9 Å². The number of amides is 1. The van der Waals surface area contributed by atoms with Crippen LogP contribution < -0.4 is 9.64 Å². The summed E-state index contributed by atoms with van der Waals surface area (Å²) < 4.78 is 6.79. The van der Waals surface area contributed by atoms with Crippen molar-refractivity contribution >= 4 is 44.2 Å². The molecule has 0 aliphatic carbocycles. The van der Waals surface area contributed by atoms with Crippen LogP contribution in [0.25, 0.3) is 10.2 Å². The summed E-state index contributed by atoms with van der Waals surface area (Å²) >= 11 is 7.46. The first kappa shape index (κ1) is 16.7. The van der Waals surface area contributed by atoms with E-state index in [1.165, 1.54) is 11.3 Å². The molecule has 1 atom stereocenters. The molecule has 0 aliphatic rings. The first-order chi connectivity index (χ1) is 11.6. The van der Waals surface area contributed by atoms with E-state index in [1.807, 2.05) is 31.2 Å². The number of carbonyl (C=O) groups is 1. The number of aromatic nitrogens is 1. The van der Waals surface area contributed by atoms with Crippen molar-refractivity contribution in [1.82, 2.24) is 4.98 Å². The van der Waals surface area contributed by atoms with Crippen LogP contribution in [0.4, 0.5) is 5.13 Å². The Labute approximate surface area is 149 Å². The first-order valence-corrected chi connectivity index (χ1v) is 8.87. The average molecular weight is 361 g/mol. The van der Waals surface area contributed by atoms with E-state index in [2.05, 4.69) is 4.98 Å². The Hall–Kier alpha value is -2.11. The highest BCUT2D eigenvalue weighted by molar-refractivity contribution is 7.22. The van der Waals surface area contributed by atoms with E-state index in [1.54, 1.807) is 36.1 Å². The second-order valence-corrected chi connectivity index (χ2v) is 6.71. The van der Waals surface area contributed by atoms with Crippen molar-refractivity contribution in [3.05, 3.63) is 53.6 Å². The lowest BCUT2D eigenvalue weighted by atomic mass is 10.3. The summed E-state index contributed by atoms with van der Waals surface area (Å²) in [6, 6.07) is 14.9. The number of halogens is 1. The van der Waals surface area contributed by atoms with Crippen molar-refractivity contribution in [2.45, 2.75) is 20.0 Å². The molecule has 0 aliphatic heterocycles. The third-order valence-corrected chi connectivity index (χ3v) is 4.85. The molecular weight excluding hydrogens is 344 g/mol. The number of thiazole rings is 1. The van der Waals surface area contributed by atoms with Gasteiger partial charge >= 0.3 is 0 Å². The highest BCUT2D eigenvalue weighted by atomic mass is 35.5. The Bertz CT molecular complexity index is 832. The standard InChI is InChI=1S/C18H17ClN2O2S/c1-3-21(18-20-15-9-4-5-10-16(15)24-18)17(22)12(2)23-14-8-6-7-13(19)11-14/h4-12H,3H2,1-2H3/t12-/m0/s1. The molecule has 24 heavy (non-hydrogen) atoms. The summed E-state index contributed by atoms with van der Waals surface area (Å²) in [6.45, 7) is 4.19. The van der Waals surface area contributed by atoms with E-state index in [-0.39, 0.29) is 5.91 Å². The number of carbonyl (C=O) groups excluding carboxylic acids is 1. The highest BCUT2D eigenvalue weighted by Gasteiger charge is 2.24. The number of benzene rings is 2. The van der Waals surface area contributed by atoms with Crippen molar-refractivity contribution in [2.75, 3.05) is 11.4 Å². The fourth-order valence-corrected chi connectivity index (χ4v) is 3.59. The molecule has 0 N–H and O–H groups in total. The van der Waals surface area contributed by atoms with Gasteiger partial charge in [-0.2, -0.15) is 0 Å². The van der Waals surface area contributed by atoms with Gasteiger partial charge in [0.05, 0.1) is 10.2 Å². The maximum absolute atomic E-state index is 12.8. The Kier molecular flexibility index (Phi) is 5.02. The van der Waals surface area contributed by atoms with E-state index >= 15 is 0 Å². The summed E-state index contributed by atoms with van der Waals surface area (Å²) in [5, 5.41) is 1.26. The Balaban J connectivity index is 1.80. The van der Waals surface area contributed by atoms with E-state index in [0.29, 0.717) is 22.4 Å². The van der Waals surface area contributed by atoms with Crippen LogP contribution in [-0.2, 0) is 4.79 Å². The van der Waals surface area contributed by atoms with Gasteiger partial charge in [0.15, 0.2) is 11.2 Å². The number of hydrogen-bond acceptors (Lipinski definition) is 4. The van der Waals surface area contributed by atoms with Crippen LogP contribution in [0, 0.1) is 0 Å². The molecule has 0 unspecified atom stereocenters. The van der Waals surface area contributed by atoms with Gasteiger partial charge in [-0.3, -0.25) is 9.69 Å². The topological polar surface area (TPSA) is 42.4 Å². The van der Waals surface area contributed by atoms with Gasteiger partial charge < -0.3 is 4.74 Å². The second kappa shape index (κ2) is 7.20. The number of hydrogen-bond donors (Lipinski definition) is 0. The molecule has 0 radical (unpaired) electrons. The lowest BCUT2D eigenvalue weighted by Gasteiger charge is -2.22. The maximum Gasteiger partial charge on any atom is 0.269 e. The number of likely N-dealkylation sites (N-methyl/N-ethyl adjacent to an activating group) is 1. The molecule has 4 nitrogen and oxygen atoms in total. The van der Waals surface area contributed by atoms with Gasteiger partial charge in [0.2, 0.25) is 0 Å². The molecular formula is C18H17ClN2O2S. The van der Waals surface area contributed by atoms with Crippen molar-refractivity contribution in [3.63, 3.8) is 0 Å². The fraction of sp³-hybridized carbons (Fsp3) is 0.222. The van der Waals surface area contributed by atoms with Crippen molar-refractivity contribution in [2.24, 2.45) is 0 Å². The second-order valence-electron chi connectivity index (χ2n) is 5.26. The zero-order chi connectivity index (χ0) is 17.1. The summed E-state index contributed by atoms with van der Waals surface area (Å²) in [4.78, 5) is 19.0. The van der Waals surface area contributed by atoms with Crippen LogP contribution in [0.5, 0.6) is 5.75 Å². The minimum absolute atomic E-state index is 0.128. The molecule has 0 bridgehead atoms. The zero-order valence-electron chi connectivity index (χ0n) is 13.4. The molecule has 1 aromatic heterocycles. The van der Waals surface area contributed by atoms with Gasteiger partial charge in [-0.25, -0.2) is 4.98 Å². The van der Waals surface area contributed by atoms with E-state index in [0.717, 1.165) is 10.2 Å². The largest absolute Gasteiger partial charge is 0.481 e. The van der Waals surface area contributed by atoms with Crippen molar-refractivity contribution in [3.8, 4) is 5.75 Å². The summed E-state index contributed by atoms with van der Waals surface area (Å²) in [7, 11) is 0. The van der Waals surface area contributed by atoms with Crippen molar-refractivity contribution in [1.29, 1.82) is 0 Å². The van der Waals surface area contributed by atoms with Crippen LogP contribution in [0.1, 0.15) is 13.8 Å². The van der Waals surface area contributed by atoms with Gasteiger partial charge in [-0.05, 0) is 44.2 Å². The summed E-state index contributed by atoms with van der Waals surface area (Å²) in [5.74, 6) is 0.445. The third-order valence-electron chi connectivity index (χ3n) is 3.55. The van der Waals surface area contributed by atoms with Crippen LogP contribution in [0.3, 0.4) is 0 Å². The monoisotopic (exact) mass is 360 g/mol.